The van der Waals surface area contributed by atoms with Crippen LogP contribution in [-0.4, -0.2) is 40.2 Å². The molecule has 1 saturated carbocycles. The molecule has 1 aliphatic rings. The van der Waals surface area contributed by atoms with E-state index in [2.05, 4.69) is 0 Å². The van der Waals surface area contributed by atoms with E-state index >= 15 is 0 Å². The Balaban J connectivity index is 2.17. The van der Waals surface area contributed by atoms with Crippen LogP contribution in [0.1, 0.15) is 36.0 Å². The van der Waals surface area contributed by atoms with Gasteiger partial charge < -0.3 is 15.1 Å². The first-order valence-corrected chi connectivity index (χ1v) is 6.91. The highest BCUT2D eigenvalue weighted by molar-refractivity contribution is 6.30. The lowest BCUT2D eigenvalue weighted by Gasteiger charge is -2.37. The van der Waals surface area contributed by atoms with E-state index in [0.29, 0.717) is 18.0 Å². The molecule has 5 heteroatoms. The van der Waals surface area contributed by atoms with Gasteiger partial charge >= 0.3 is 0 Å². The molecule has 0 atom stereocenters. The van der Waals surface area contributed by atoms with Crippen molar-refractivity contribution < 1.29 is 15.0 Å². The average molecular weight is 284 g/mol. The minimum Gasteiger partial charge on any atom is -0.507 e. The lowest BCUT2D eigenvalue weighted by molar-refractivity contribution is 0.0559. The molecule has 4 nitrogen and oxygen atoms in total. The highest BCUT2D eigenvalue weighted by Gasteiger charge is 2.30. The Labute approximate surface area is 117 Å². The monoisotopic (exact) mass is 283 g/mol. The van der Waals surface area contributed by atoms with Crippen LogP contribution in [0, 0.1) is 0 Å². The van der Waals surface area contributed by atoms with Gasteiger partial charge in [0.2, 0.25) is 0 Å². The lowest BCUT2D eigenvalue weighted by Crippen LogP contribution is -2.45. The van der Waals surface area contributed by atoms with Gasteiger partial charge in [-0.25, -0.2) is 0 Å². The fourth-order valence-electron chi connectivity index (χ4n) is 2.23. The van der Waals surface area contributed by atoms with E-state index in [1.807, 2.05) is 0 Å². The number of aliphatic hydroxyl groups excluding tert-OH is 1. The van der Waals surface area contributed by atoms with E-state index in [1.54, 1.807) is 17.0 Å². The maximum Gasteiger partial charge on any atom is 0.257 e. The van der Waals surface area contributed by atoms with Gasteiger partial charge in [-0.15, -0.1) is 0 Å². The number of carbonyl (C=O) groups excluding carboxylic acids is 1. The standard InChI is InChI=1S/C14H18ClNO3/c15-10-5-6-12(13(18)9-10)14(19)16(7-2-8-17)11-3-1-4-11/h5-6,9,11,17-18H,1-4,7-8H2. The highest BCUT2D eigenvalue weighted by Crippen LogP contribution is 2.29. The van der Waals surface area contributed by atoms with Gasteiger partial charge in [0.1, 0.15) is 5.75 Å². The van der Waals surface area contributed by atoms with Crippen molar-refractivity contribution in [2.24, 2.45) is 0 Å². The molecule has 0 saturated heterocycles. The maximum absolute atomic E-state index is 12.5. The van der Waals surface area contributed by atoms with Crippen molar-refractivity contribution in [3.63, 3.8) is 0 Å². The van der Waals surface area contributed by atoms with Crippen molar-refractivity contribution in [1.82, 2.24) is 4.90 Å². The molecule has 1 amide bonds. The van der Waals surface area contributed by atoms with Crippen molar-refractivity contribution in [1.29, 1.82) is 0 Å². The number of rotatable bonds is 5. The predicted octanol–water partition coefficient (Wildman–Crippen LogP) is 2.42. The molecule has 2 N–H and O–H groups in total. The molecule has 0 radical (unpaired) electrons. The van der Waals surface area contributed by atoms with Gasteiger partial charge in [-0.2, -0.15) is 0 Å². The van der Waals surface area contributed by atoms with E-state index in [1.165, 1.54) is 6.07 Å². The number of nitrogens with zero attached hydrogens (tertiary/aromatic N) is 1. The van der Waals surface area contributed by atoms with Crippen LogP contribution in [-0.2, 0) is 0 Å². The molecule has 0 heterocycles. The first-order chi connectivity index (χ1) is 9.13. The minimum atomic E-state index is -0.188. The van der Waals surface area contributed by atoms with Gasteiger partial charge in [0, 0.05) is 24.2 Å². The zero-order valence-electron chi connectivity index (χ0n) is 10.7. The number of hydrogen-bond donors (Lipinski definition) is 2. The zero-order chi connectivity index (χ0) is 13.8. The molecule has 19 heavy (non-hydrogen) atoms. The van der Waals surface area contributed by atoms with E-state index in [-0.39, 0.29) is 29.9 Å². The molecule has 1 aromatic carbocycles. The summed E-state index contributed by atoms with van der Waals surface area (Å²) in [5.74, 6) is -0.280. The van der Waals surface area contributed by atoms with Crippen LogP contribution in [0.3, 0.4) is 0 Å². The molecule has 2 rings (SSSR count). The van der Waals surface area contributed by atoms with Gasteiger partial charge in [0.05, 0.1) is 5.56 Å². The van der Waals surface area contributed by atoms with Crippen LogP contribution < -0.4 is 0 Å². The molecule has 0 spiro atoms. The zero-order valence-corrected chi connectivity index (χ0v) is 11.4. The minimum absolute atomic E-state index is 0.0586. The fraction of sp³-hybridized carbons (Fsp3) is 0.500. The van der Waals surface area contributed by atoms with Crippen molar-refractivity contribution in [2.75, 3.05) is 13.2 Å². The second-order valence-corrected chi connectivity index (χ2v) is 5.26. The van der Waals surface area contributed by atoms with Crippen molar-refractivity contribution in [3.8, 4) is 5.75 Å². The molecule has 104 valence electrons. The van der Waals surface area contributed by atoms with Crippen LogP contribution in [0.4, 0.5) is 0 Å². The second kappa shape index (κ2) is 6.26. The summed E-state index contributed by atoms with van der Waals surface area (Å²) >= 11 is 5.77. The SMILES string of the molecule is O=C(c1ccc(Cl)cc1O)N(CCCO)C1CCC1. The van der Waals surface area contributed by atoms with Gasteiger partial charge in [-0.1, -0.05) is 11.6 Å². The Morgan fingerprint density at radius 2 is 2.16 bits per heavy atom. The molecular formula is C14H18ClNO3. The summed E-state index contributed by atoms with van der Waals surface area (Å²) in [6.07, 6.45) is 3.66. The van der Waals surface area contributed by atoms with Crippen LogP contribution in [0.15, 0.2) is 18.2 Å². The Bertz CT molecular complexity index is 460. The second-order valence-electron chi connectivity index (χ2n) is 4.82. The van der Waals surface area contributed by atoms with Gasteiger partial charge in [-0.05, 0) is 43.9 Å². The molecule has 1 aromatic rings. The summed E-state index contributed by atoms with van der Waals surface area (Å²) in [6.45, 7) is 0.575. The average Bonchev–Trinajstić information content (AvgIpc) is 2.31. The number of halogens is 1. The maximum atomic E-state index is 12.5. The summed E-state index contributed by atoms with van der Waals surface area (Å²) in [4.78, 5) is 14.2. The summed E-state index contributed by atoms with van der Waals surface area (Å²) in [5, 5.41) is 19.2. The van der Waals surface area contributed by atoms with Crippen LogP contribution in [0.5, 0.6) is 5.75 Å². The highest BCUT2D eigenvalue weighted by atomic mass is 35.5. The smallest absolute Gasteiger partial charge is 0.257 e. The molecule has 0 aliphatic heterocycles. The van der Waals surface area contributed by atoms with E-state index < -0.39 is 0 Å². The third-order valence-electron chi connectivity index (χ3n) is 3.52. The lowest BCUT2D eigenvalue weighted by atomic mass is 9.90. The molecule has 1 aliphatic carbocycles. The van der Waals surface area contributed by atoms with Gasteiger partial charge in [0.25, 0.3) is 5.91 Å². The Morgan fingerprint density at radius 1 is 1.42 bits per heavy atom. The predicted molar refractivity (Wildman–Crippen MR) is 73.5 cm³/mol. The van der Waals surface area contributed by atoms with Crippen molar-refractivity contribution in [2.45, 2.75) is 31.7 Å². The number of phenolic OH excluding ortho intramolecular Hbond substituents is 1. The normalized spacial score (nSPS) is 15.1. The van der Waals surface area contributed by atoms with E-state index in [0.717, 1.165) is 19.3 Å². The Kier molecular flexibility index (Phi) is 4.66. The third-order valence-corrected chi connectivity index (χ3v) is 3.76. The first kappa shape index (κ1) is 14.2. The summed E-state index contributed by atoms with van der Waals surface area (Å²) in [7, 11) is 0. The van der Waals surface area contributed by atoms with E-state index in [9.17, 15) is 9.90 Å². The van der Waals surface area contributed by atoms with Crippen LogP contribution in [0.2, 0.25) is 5.02 Å². The molecular weight excluding hydrogens is 266 g/mol. The van der Waals surface area contributed by atoms with E-state index in [4.69, 9.17) is 16.7 Å². The largest absolute Gasteiger partial charge is 0.507 e. The number of amides is 1. The fourth-order valence-corrected chi connectivity index (χ4v) is 2.40. The van der Waals surface area contributed by atoms with Crippen LogP contribution >= 0.6 is 11.6 Å². The third kappa shape index (κ3) is 3.19. The Morgan fingerprint density at radius 3 is 2.68 bits per heavy atom. The van der Waals surface area contributed by atoms with Crippen LogP contribution in [0.25, 0.3) is 0 Å². The number of aromatic hydroxyl groups is 1. The number of phenols is 1. The summed E-state index contributed by atoms with van der Waals surface area (Å²) in [6, 6.07) is 4.75. The van der Waals surface area contributed by atoms with Crippen molar-refractivity contribution in [3.05, 3.63) is 28.8 Å². The number of carbonyl (C=O) groups is 1. The number of hydrogen-bond acceptors (Lipinski definition) is 3. The van der Waals surface area contributed by atoms with Gasteiger partial charge in [-0.3, -0.25) is 4.79 Å². The first-order valence-electron chi connectivity index (χ1n) is 6.54. The molecule has 0 unspecified atom stereocenters. The Hall–Kier alpha value is -1.26. The molecule has 0 bridgehead atoms. The quantitative estimate of drug-likeness (QED) is 0.872. The van der Waals surface area contributed by atoms with Crippen molar-refractivity contribution >= 4 is 17.5 Å². The number of benzene rings is 1. The number of aliphatic hydroxyl groups is 1. The molecule has 0 aromatic heterocycles. The summed E-state index contributed by atoms with van der Waals surface area (Å²) < 4.78 is 0. The molecule has 1 fully saturated rings. The summed E-state index contributed by atoms with van der Waals surface area (Å²) in [5.41, 5.74) is 0.272. The topological polar surface area (TPSA) is 60.8 Å². The van der Waals surface area contributed by atoms with Gasteiger partial charge in [0.15, 0.2) is 0 Å².